The Balaban J connectivity index is 1.39. The van der Waals surface area contributed by atoms with Crippen LogP contribution in [0.4, 0.5) is 0 Å². The minimum atomic E-state index is -0.440. The number of nitrogens with one attached hydrogen (secondary N) is 2. The number of aromatic nitrogens is 2. The van der Waals surface area contributed by atoms with Crippen LogP contribution in [0.2, 0.25) is 0 Å². The van der Waals surface area contributed by atoms with Gasteiger partial charge in [0.25, 0.3) is 0 Å². The van der Waals surface area contributed by atoms with E-state index in [2.05, 4.69) is 32.3 Å². The van der Waals surface area contributed by atoms with Gasteiger partial charge in [0.15, 0.2) is 0 Å². The van der Waals surface area contributed by atoms with Crippen molar-refractivity contribution in [3.63, 3.8) is 0 Å². The summed E-state index contributed by atoms with van der Waals surface area (Å²) >= 11 is 0. The molecule has 0 bridgehead atoms. The maximum atomic E-state index is 12.9. The van der Waals surface area contributed by atoms with Gasteiger partial charge in [-0.3, -0.25) is 14.5 Å². The molecule has 1 saturated heterocycles. The number of hydrogen-bond donors (Lipinski definition) is 2. The molecule has 0 spiro atoms. The fourth-order valence-corrected chi connectivity index (χ4v) is 4.10. The van der Waals surface area contributed by atoms with Crippen molar-refractivity contribution in [2.45, 2.75) is 32.4 Å². The molecule has 2 amide bonds. The first-order chi connectivity index (χ1) is 15.0. The second-order valence-electron chi connectivity index (χ2n) is 8.19. The number of amides is 2. The molecular formula is C24H29N5O2. The number of hydrogen-bond acceptors (Lipinski definition) is 4. The third-order valence-electron chi connectivity index (χ3n) is 5.92. The smallest absolute Gasteiger partial charge is 0.237 e. The van der Waals surface area contributed by atoms with Crippen LogP contribution in [0.25, 0.3) is 11.0 Å². The summed E-state index contributed by atoms with van der Waals surface area (Å²) in [5.41, 5.74) is 4.23. The summed E-state index contributed by atoms with van der Waals surface area (Å²) in [6.45, 7) is 4.52. The van der Waals surface area contributed by atoms with Crippen LogP contribution in [0.3, 0.4) is 0 Å². The Morgan fingerprint density at radius 1 is 1.19 bits per heavy atom. The first kappa shape index (κ1) is 21.1. The van der Waals surface area contributed by atoms with Crippen molar-refractivity contribution in [2.75, 3.05) is 26.7 Å². The maximum absolute atomic E-state index is 12.9. The van der Waals surface area contributed by atoms with Crippen LogP contribution in [0.15, 0.2) is 48.5 Å². The molecule has 7 heteroatoms. The number of H-pyrrole nitrogens is 1. The molecule has 2 N–H and O–H groups in total. The molecule has 2 heterocycles. The summed E-state index contributed by atoms with van der Waals surface area (Å²) in [4.78, 5) is 37.2. The molecule has 1 aromatic heterocycles. The average Bonchev–Trinajstić information content (AvgIpc) is 3.18. The Morgan fingerprint density at radius 2 is 2.00 bits per heavy atom. The predicted molar refractivity (Wildman–Crippen MR) is 120 cm³/mol. The monoisotopic (exact) mass is 419 g/mol. The molecule has 2 aromatic carbocycles. The van der Waals surface area contributed by atoms with Gasteiger partial charge in [0, 0.05) is 26.7 Å². The van der Waals surface area contributed by atoms with Gasteiger partial charge in [-0.25, -0.2) is 4.98 Å². The number of carbonyl (C=O) groups excluding carboxylic acids is 2. The van der Waals surface area contributed by atoms with E-state index in [-0.39, 0.29) is 18.2 Å². The van der Waals surface area contributed by atoms with Crippen LogP contribution in [-0.4, -0.2) is 64.3 Å². The Kier molecular flexibility index (Phi) is 6.32. The third-order valence-corrected chi connectivity index (χ3v) is 5.92. The zero-order valence-electron chi connectivity index (χ0n) is 18.1. The zero-order chi connectivity index (χ0) is 21.8. The summed E-state index contributed by atoms with van der Waals surface area (Å²) in [6.07, 6.45) is 1.02. The van der Waals surface area contributed by atoms with Crippen molar-refractivity contribution in [3.05, 3.63) is 65.5 Å². The van der Waals surface area contributed by atoms with E-state index in [9.17, 15) is 9.59 Å². The summed E-state index contributed by atoms with van der Waals surface area (Å²) in [7, 11) is 1.76. The fourth-order valence-electron chi connectivity index (χ4n) is 4.10. The van der Waals surface area contributed by atoms with Gasteiger partial charge in [-0.15, -0.1) is 0 Å². The van der Waals surface area contributed by atoms with E-state index in [1.165, 1.54) is 5.56 Å². The number of piperazine rings is 1. The van der Waals surface area contributed by atoms with Crippen LogP contribution in [0.1, 0.15) is 23.4 Å². The van der Waals surface area contributed by atoms with Crippen molar-refractivity contribution in [1.82, 2.24) is 25.1 Å². The normalized spacial score (nSPS) is 17.0. The van der Waals surface area contributed by atoms with E-state index < -0.39 is 6.04 Å². The largest absolute Gasteiger partial charge is 0.353 e. The third kappa shape index (κ3) is 4.94. The Hall–Kier alpha value is -3.19. The number of imidazole rings is 1. The number of nitrogens with zero attached hydrogens (tertiary/aromatic N) is 3. The number of benzene rings is 2. The highest BCUT2D eigenvalue weighted by molar-refractivity contribution is 5.88. The molecule has 7 nitrogen and oxygen atoms in total. The first-order valence-electron chi connectivity index (χ1n) is 10.7. The van der Waals surface area contributed by atoms with Crippen LogP contribution in [-0.2, 0) is 22.6 Å². The topological polar surface area (TPSA) is 81.3 Å². The van der Waals surface area contributed by atoms with Crippen molar-refractivity contribution in [2.24, 2.45) is 0 Å². The number of para-hydroxylation sites is 1. The predicted octanol–water partition coefficient (Wildman–Crippen LogP) is 2.26. The van der Waals surface area contributed by atoms with E-state index in [0.29, 0.717) is 13.1 Å². The van der Waals surface area contributed by atoms with Gasteiger partial charge in [-0.2, -0.15) is 0 Å². The Labute approximate surface area is 182 Å². The van der Waals surface area contributed by atoms with Gasteiger partial charge in [0.05, 0.1) is 30.0 Å². The van der Waals surface area contributed by atoms with Crippen LogP contribution in [0.5, 0.6) is 0 Å². The number of rotatable bonds is 7. The molecule has 4 rings (SSSR count). The molecule has 1 fully saturated rings. The molecule has 0 aliphatic carbocycles. The summed E-state index contributed by atoms with van der Waals surface area (Å²) in [5.74, 6) is 0.610. The van der Waals surface area contributed by atoms with Crippen molar-refractivity contribution in [3.8, 4) is 0 Å². The number of carbonyl (C=O) groups is 2. The maximum Gasteiger partial charge on any atom is 0.237 e. The van der Waals surface area contributed by atoms with E-state index >= 15 is 0 Å². The molecule has 162 valence electrons. The summed E-state index contributed by atoms with van der Waals surface area (Å²) < 4.78 is 0. The lowest BCUT2D eigenvalue weighted by atomic mass is 10.1. The van der Waals surface area contributed by atoms with Gasteiger partial charge in [0.1, 0.15) is 5.82 Å². The van der Waals surface area contributed by atoms with E-state index in [4.69, 9.17) is 0 Å². The molecule has 1 aliphatic rings. The standard InChI is InChI=1S/C24H29N5O2/c1-17-7-6-10-19-23(17)27-21(26-19)16-28(2)22(30)15-20-24(31)25-12-14-29(20)13-11-18-8-4-3-5-9-18/h3-10,20H,11-16H2,1-2H3,(H,25,31)(H,26,27)/t20-/m0/s1. The van der Waals surface area contributed by atoms with Gasteiger partial charge in [0.2, 0.25) is 11.8 Å². The number of aromatic amines is 1. The van der Waals surface area contributed by atoms with E-state index in [0.717, 1.165) is 41.9 Å². The Morgan fingerprint density at radius 3 is 2.77 bits per heavy atom. The Bertz CT molecular complexity index is 1060. The highest BCUT2D eigenvalue weighted by Gasteiger charge is 2.32. The summed E-state index contributed by atoms with van der Waals surface area (Å²) in [5, 5.41) is 2.91. The molecule has 0 radical (unpaired) electrons. The minimum absolute atomic E-state index is 0.0658. The molecule has 0 unspecified atom stereocenters. The molecule has 0 saturated carbocycles. The van der Waals surface area contributed by atoms with Crippen molar-refractivity contribution >= 4 is 22.8 Å². The van der Waals surface area contributed by atoms with Gasteiger partial charge in [-0.05, 0) is 30.5 Å². The van der Waals surface area contributed by atoms with Crippen molar-refractivity contribution < 1.29 is 9.59 Å². The molecule has 31 heavy (non-hydrogen) atoms. The van der Waals surface area contributed by atoms with Crippen LogP contribution in [0, 0.1) is 6.92 Å². The lowest BCUT2D eigenvalue weighted by Crippen LogP contribution is -2.56. The van der Waals surface area contributed by atoms with Gasteiger partial charge in [-0.1, -0.05) is 42.5 Å². The molecule has 1 atom stereocenters. The van der Waals surface area contributed by atoms with Crippen LogP contribution < -0.4 is 5.32 Å². The van der Waals surface area contributed by atoms with Crippen molar-refractivity contribution in [1.29, 1.82) is 0 Å². The fraction of sp³-hybridized carbons (Fsp3) is 0.375. The highest BCUT2D eigenvalue weighted by Crippen LogP contribution is 2.17. The lowest BCUT2D eigenvalue weighted by Gasteiger charge is -2.35. The zero-order valence-corrected chi connectivity index (χ0v) is 18.1. The quantitative estimate of drug-likeness (QED) is 0.616. The SMILES string of the molecule is Cc1cccc2[nH]c(CN(C)C(=O)C[C@H]3C(=O)NCCN3CCc3ccccc3)nc12. The molecular weight excluding hydrogens is 390 g/mol. The van der Waals surface area contributed by atoms with Crippen LogP contribution >= 0.6 is 0 Å². The second kappa shape index (κ2) is 9.31. The average molecular weight is 420 g/mol. The van der Waals surface area contributed by atoms with E-state index in [1.54, 1.807) is 11.9 Å². The molecule has 3 aromatic rings. The number of aryl methyl sites for hydroxylation is 1. The number of fused-ring (bicyclic) bond motifs is 1. The highest BCUT2D eigenvalue weighted by atomic mass is 16.2. The first-order valence-corrected chi connectivity index (χ1v) is 10.7. The minimum Gasteiger partial charge on any atom is -0.353 e. The summed E-state index contributed by atoms with van der Waals surface area (Å²) in [6, 6.07) is 15.8. The van der Waals surface area contributed by atoms with E-state index in [1.807, 2.05) is 43.3 Å². The lowest BCUT2D eigenvalue weighted by molar-refractivity contribution is -0.138. The second-order valence-corrected chi connectivity index (χ2v) is 8.19. The van der Waals surface area contributed by atoms with Gasteiger partial charge < -0.3 is 15.2 Å². The van der Waals surface area contributed by atoms with Gasteiger partial charge >= 0.3 is 0 Å². The molecule has 1 aliphatic heterocycles.